The number of aryl methyl sites for hydroxylation is 2. The first-order chi connectivity index (χ1) is 11.1. The van der Waals surface area contributed by atoms with Crippen LogP contribution in [0.25, 0.3) is 0 Å². The number of nitrogens with one attached hydrogen (secondary N) is 2. The fraction of sp³-hybridized carbons (Fsp3) is 0.353. The molecule has 0 saturated heterocycles. The minimum Gasteiger partial charge on any atom is -0.352 e. The van der Waals surface area contributed by atoms with Gasteiger partial charge in [0.15, 0.2) is 0 Å². The summed E-state index contributed by atoms with van der Waals surface area (Å²) in [5.74, 6) is 2.05. The smallest absolute Gasteiger partial charge is 0.263 e. The molecule has 2 aromatic rings. The Kier molecular flexibility index (Phi) is 6.40. The van der Waals surface area contributed by atoms with Crippen molar-refractivity contribution in [3.05, 3.63) is 63.3 Å². The van der Waals surface area contributed by atoms with E-state index in [2.05, 4.69) is 46.5 Å². The van der Waals surface area contributed by atoms with Gasteiger partial charge in [-0.25, -0.2) is 4.98 Å². The first kappa shape index (κ1) is 17.3. The zero-order chi connectivity index (χ0) is 16.7. The van der Waals surface area contributed by atoms with Crippen LogP contribution in [0.15, 0.2) is 35.3 Å². The molecule has 2 rings (SSSR count). The molecule has 0 bridgehead atoms. The van der Waals surface area contributed by atoms with Gasteiger partial charge in [0.2, 0.25) is 0 Å². The number of carbonyl (C=O) groups is 1. The van der Waals surface area contributed by atoms with Gasteiger partial charge in [0.1, 0.15) is 11.4 Å². The van der Waals surface area contributed by atoms with E-state index < -0.39 is 5.56 Å². The lowest BCUT2D eigenvalue weighted by Gasteiger charge is -2.05. The van der Waals surface area contributed by atoms with Crippen molar-refractivity contribution in [1.29, 1.82) is 0 Å². The van der Waals surface area contributed by atoms with Crippen molar-refractivity contribution in [3.63, 3.8) is 0 Å². The zero-order valence-corrected chi connectivity index (χ0v) is 14.2. The number of aromatic nitrogens is 2. The number of amides is 1. The molecule has 1 heterocycles. The third-order valence-electron chi connectivity index (χ3n) is 3.27. The molecule has 23 heavy (non-hydrogen) atoms. The average Bonchev–Trinajstić information content (AvgIpc) is 2.50. The van der Waals surface area contributed by atoms with Crippen molar-refractivity contribution in [1.82, 2.24) is 15.3 Å². The number of H-pyrrole nitrogens is 1. The van der Waals surface area contributed by atoms with Crippen LogP contribution in [0.5, 0.6) is 0 Å². The first-order valence-corrected chi connectivity index (χ1v) is 8.69. The topological polar surface area (TPSA) is 74.8 Å². The van der Waals surface area contributed by atoms with E-state index in [9.17, 15) is 9.59 Å². The minimum atomic E-state index is -0.399. The second kappa shape index (κ2) is 8.53. The van der Waals surface area contributed by atoms with Crippen LogP contribution < -0.4 is 10.9 Å². The molecule has 1 amide bonds. The van der Waals surface area contributed by atoms with Crippen LogP contribution in [0.4, 0.5) is 0 Å². The van der Waals surface area contributed by atoms with Crippen molar-refractivity contribution in [2.45, 2.75) is 26.0 Å². The maximum Gasteiger partial charge on any atom is 0.263 e. The molecule has 0 aliphatic carbocycles. The van der Waals surface area contributed by atoms with Crippen molar-refractivity contribution in [2.24, 2.45) is 0 Å². The molecule has 122 valence electrons. The molecule has 0 saturated carbocycles. The third-order valence-corrected chi connectivity index (χ3v) is 4.39. The van der Waals surface area contributed by atoms with E-state index in [-0.39, 0.29) is 11.5 Å². The largest absolute Gasteiger partial charge is 0.352 e. The van der Waals surface area contributed by atoms with Gasteiger partial charge in [-0.15, -0.1) is 0 Å². The third kappa shape index (κ3) is 5.56. The molecule has 1 aromatic heterocycles. The second-order valence-electron chi connectivity index (χ2n) is 5.36. The molecule has 0 radical (unpaired) electrons. The molecule has 5 nitrogen and oxygen atoms in total. The van der Waals surface area contributed by atoms with Crippen molar-refractivity contribution >= 4 is 17.7 Å². The zero-order valence-electron chi connectivity index (χ0n) is 13.4. The molecule has 0 unspecified atom stereocenters. The molecule has 6 heteroatoms. The summed E-state index contributed by atoms with van der Waals surface area (Å²) in [4.78, 5) is 30.0. The van der Waals surface area contributed by atoms with Gasteiger partial charge in [0, 0.05) is 18.5 Å². The fourth-order valence-electron chi connectivity index (χ4n) is 2.11. The number of thioether (sulfide) groups is 1. The second-order valence-corrected chi connectivity index (χ2v) is 6.47. The van der Waals surface area contributed by atoms with Gasteiger partial charge in [-0.1, -0.05) is 29.8 Å². The number of nitrogens with zero attached hydrogens (tertiary/aromatic N) is 1. The number of rotatable bonds is 7. The number of hydrogen-bond donors (Lipinski definition) is 2. The van der Waals surface area contributed by atoms with E-state index in [0.29, 0.717) is 12.4 Å². The lowest BCUT2D eigenvalue weighted by Crippen LogP contribution is -2.31. The lowest BCUT2D eigenvalue weighted by atomic mass is 10.2. The number of aromatic amines is 1. The highest BCUT2D eigenvalue weighted by atomic mass is 32.2. The highest BCUT2D eigenvalue weighted by molar-refractivity contribution is 7.98. The van der Waals surface area contributed by atoms with Crippen LogP contribution in [0.1, 0.15) is 33.7 Å². The van der Waals surface area contributed by atoms with Crippen LogP contribution in [-0.4, -0.2) is 28.2 Å². The number of benzene rings is 1. The van der Waals surface area contributed by atoms with Crippen LogP contribution in [-0.2, 0) is 5.75 Å². The SMILES string of the molecule is Cc1cccc(CSCCCNC(=O)c2cnc(C)[nH]c2=O)c1. The van der Waals surface area contributed by atoms with Crippen LogP contribution in [0, 0.1) is 13.8 Å². The van der Waals surface area contributed by atoms with Gasteiger partial charge in [0.05, 0.1) is 0 Å². The van der Waals surface area contributed by atoms with Gasteiger partial charge in [0.25, 0.3) is 11.5 Å². The molecule has 0 aliphatic heterocycles. The Labute approximate surface area is 139 Å². The molecule has 1 aromatic carbocycles. The molecule has 0 fully saturated rings. The maximum absolute atomic E-state index is 11.9. The van der Waals surface area contributed by atoms with E-state index in [1.54, 1.807) is 6.92 Å². The van der Waals surface area contributed by atoms with E-state index in [4.69, 9.17) is 0 Å². The summed E-state index contributed by atoms with van der Waals surface area (Å²) in [5.41, 5.74) is 2.25. The first-order valence-electron chi connectivity index (χ1n) is 7.53. The van der Waals surface area contributed by atoms with Crippen molar-refractivity contribution < 1.29 is 4.79 Å². The monoisotopic (exact) mass is 331 g/mol. The van der Waals surface area contributed by atoms with E-state index in [0.717, 1.165) is 17.9 Å². The van der Waals surface area contributed by atoms with Gasteiger partial charge in [-0.05, 0) is 31.6 Å². The standard InChI is InChI=1S/C17H21N3O2S/c1-12-5-3-6-14(9-12)11-23-8-4-7-18-16(21)15-10-19-13(2)20-17(15)22/h3,5-6,9-10H,4,7-8,11H2,1-2H3,(H,18,21)(H,19,20,22). The number of carbonyl (C=O) groups excluding carboxylic acids is 1. The van der Waals surface area contributed by atoms with Crippen LogP contribution in [0.2, 0.25) is 0 Å². The van der Waals surface area contributed by atoms with E-state index in [1.165, 1.54) is 17.3 Å². The Hall–Kier alpha value is -2.08. The molecule has 2 N–H and O–H groups in total. The summed E-state index contributed by atoms with van der Waals surface area (Å²) in [6.07, 6.45) is 2.18. The van der Waals surface area contributed by atoms with Crippen LogP contribution >= 0.6 is 11.8 Å². The normalized spacial score (nSPS) is 10.5. The van der Waals surface area contributed by atoms with Crippen molar-refractivity contribution in [2.75, 3.05) is 12.3 Å². The Morgan fingerprint density at radius 3 is 2.91 bits per heavy atom. The molecule has 0 spiro atoms. The Morgan fingerprint density at radius 2 is 2.17 bits per heavy atom. The number of hydrogen-bond acceptors (Lipinski definition) is 4. The van der Waals surface area contributed by atoms with E-state index in [1.807, 2.05) is 11.8 Å². The van der Waals surface area contributed by atoms with E-state index >= 15 is 0 Å². The summed E-state index contributed by atoms with van der Waals surface area (Å²) in [5, 5.41) is 2.75. The molecule has 0 aliphatic rings. The summed E-state index contributed by atoms with van der Waals surface area (Å²) in [7, 11) is 0. The highest BCUT2D eigenvalue weighted by Gasteiger charge is 2.10. The predicted octanol–water partition coefficient (Wildman–Crippen LogP) is 2.44. The van der Waals surface area contributed by atoms with Gasteiger partial charge < -0.3 is 10.3 Å². The van der Waals surface area contributed by atoms with Crippen LogP contribution in [0.3, 0.4) is 0 Å². The Balaban J connectivity index is 1.67. The lowest BCUT2D eigenvalue weighted by molar-refractivity contribution is 0.0952. The molecular weight excluding hydrogens is 310 g/mol. The van der Waals surface area contributed by atoms with Gasteiger partial charge >= 0.3 is 0 Å². The average molecular weight is 331 g/mol. The Morgan fingerprint density at radius 1 is 1.35 bits per heavy atom. The molecular formula is C17H21N3O2S. The minimum absolute atomic E-state index is 0.0583. The predicted molar refractivity (Wildman–Crippen MR) is 93.9 cm³/mol. The molecule has 0 atom stereocenters. The fourth-order valence-corrected chi connectivity index (χ4v) is 3.02. The van der Waals surface area contributed by atoms with Gasteiger partial charge in [-0.3, -0.25) is 9.59 Å². The maximum atomic E-state index is 11.9. The summed E-state index contributed by atoms with van der Waals surface area (Å²) in [6, 6.07) is 8.47. The van der Waals surface area contributed by atoms with Gasteiger partial charge in [-0.2, -0.15) is 11.8 Å². The summed E-state index contributed by atoms with van der Waals surface area (Å²) >= 11 is 1.84. The Bertz CT molecular complexity index is 728. The summed E-state index contributed by atoms with van der Waals surface area (Å²) < 4.78 is 0. The summed E-state index contributed by atoms with van der Waals surface area (Å²) in [6.45, 7) is 4.31. The highest BCUT2D eigenvalue weighted by Crippen LogP contribution is 2.14. The quantitative estimate of drug-likeness (QED) is 0.764. The van der Waals surface area contributed by atoms with Crippen molar-refractivity contribution in [3.8, 4) is 0 Å².